The fourth-order valence-corrected chi connectivity index (χ4v) is 2.04. The molecule has 0 aromatic carbocycles. The van der Waals surface area contributed by atoms with Crippen LogP contribution in [0.15, 0.2) is 18.5 Å². The third-order valence-electron chi connectivity index (χ3n) is 2.99. The minimum atomic E-state index is -0.247. The summed E-state index contributed by atoms with van der Waals surface area (Å²) >= 11 is 0. The maximum atomic E-state index is 11.7. The third kappa shape index (κ3) is 3.17. The molecule has 1 aliphatic rings. The minimum Gasteiger partial charge on any atom is -0.505 e. The van der Waals surface area contributed by atoms with Crippen LogP contribution in [0.4, 0.5) is 0 Å². The van der Waals surface area contributed by atoms with Crippen LogP contribution in [0.3, 0.4) is 0 Å². The largest absolute Gasteiger partial charge is 0.505 e. The van der Waals surface area contributed by atoms with E-state index >= 15 is 0 Å². The molecule has 2 rings (SSSR count). The molecule has 1 fully saturated rings. The number of pyridine rings is 1. The van der Waals surface area contributed by atoms with E-state index in [-0.39, 0.29) is 17.2 Å². The van der Waals surface area contributed by atoms with Crippen LogP contribution < -0.4 is 10.6 Å². The molecule has 1 saturated heterocycles. The Morgan fingerprint density at radius 2 is 2.53 bits per heavy atom. The molecule has 1 aromatic rings. The molecule has 1 unspecified atom stereocenters. The Morgan fingerprint density at radius 1 is 1.65 bits per heavy atom. The van der Waals surface area contributed by atoms with E-state index in [0.717, 1.165) is 13.0 Å². The zero-order valence-corrected chi connectivity index (χ0v) is 9.65. The van der Waals surface area contributed by atoms with E-state index in [0.29, 0.717) is 12.6 Å². The molecule has 17 heavy (non-hydrogen) atoms. The summed E-state index contributed by atoms with van der Waals surface area (Å²) in [7, 11) is 0. The van der Waals surface area contributed by atoms with Crippen LogP contribution in [0, 0.1) is 0 Å². The summed E-state index contributed by atoms with van der Waals surface area (Å²) in [5.41, 5.74) is 0.277. The number of amides is 1. The van der Waals surface area contributed by atoms with Gasteiger partial charge in [0.1, 0.15) is 5.75 Å². The van der Waals surface area contributed by atoms with Crippen molar-refractivity contribution in [2.24, 2.45) is 0 Å². The highest BCUT2D eigenvalue weighted by Gasteiger charge is 2.15. The normalized spacial score (nSPS) is 19.2. The van der Waals surface area contributed by atoms with E-state index < -0.39 is 0 Å². The quantitative estimate of drug-likeness (QED) is 0.716. The minimum absolute atomic E-state index is 0.0796. The molecule has 0 saturated carbocycles. The molecule has 3 N–H and O–H groups in total. The predicted molar refractivity (Wildman–Crippen MR) is 63.9 cm³/mol. The summed E-state index contributed by atoms with van der Waals surface area (Å²) in [6, 6.07) is 2.03. The van der Waals surface area contributed by atoms with Crippen molar-refractivity contribution in [2.75, 3.05) is 13.1 Å². The Balaban J connectivity index is 1.79. The molecule has 5 heteroatoms. The molecule has 1 aromatic heterocycles. The molecule has 0 aliphatic carbocycles. The third-order valence-corrected chi connectivity index (χ3v) is 2.99. The Morgan fingerprint density at radius 3 is 3.24 bits per heavy atom. The average Bonchev–Trinajstić information content (AvgIpc) is 2.82. The van der Waals surface area contributed by atoms with Crippen molar-refractivity contribution in [2.45, 2.75) is 25.3 Å². The van der Waals surface area contributed by atoms with Gasteiger partial charge in [0.2, 0.25) is 0 Å². The Hall–Kier alpha value is -1.62. The second-order valence-electron chi connectivity index (χ2n) is 4.23. The maximum Gasteiger partial charge on any atom is 0.255 e. The molecule has 0 bridgehead atoms. The van der Waals surface area contributed by atoms with Gasteiger partial charge in [-0.25, -0.2) is 0 Å². The highest BCUT2D eigenvalue weighted by atomic mass is 16.3. The van der Waals surface area contributed by atoms with E-state index in [1.807, 2.05) is 0 Å². The van der Waals surface area contributed by atoms with Crippen molar-refractivity contribution in [3.63, 3.8) is 0 Å². The molecule has 1 amide bonds. The van der Waals surface area contributed by atoms with E-state index in [9.17, 15) is 9.90 Å². The Bertz CT molecular complexity index is 389. The monoisotopic (exact) mass is 235 g/mol. The predicted octanol–water partition coefficient (Wildman–Crippen LogP) is 0.659. The summed E-state index contributed by atoms with van der Waals surface area (Å²) in [5.74, 6) is -0.327. The SMILES string of the molecule is O=C(NCCC1CCCN1)c1ccncc1O. The van der Waals surface area contributed by atoms with Gasteiger partial charge in [0.05, 0.1) is 11.8 Å². The van der Waals surface area contributed by atoms with Crippen molar-refractivity contribution in [1.29, 1.82) is 0 Å². The number of hydrogen-bond donors (Lipinski definition) is 3. The van der Waals surface area contributed by atoms with Crippen LogP contribution in [0.2, 0.25) is 0 Å². The lowest BCUT2D eigenvalue weighted by molar-refractivity contribution is 0.0949. The molecule has 1 atom stereocenters. The zero-order chi connectivity index (χ0) is 12.1. The molecule has 0 radical (unpaired) electrons. The molecule has 92 valence electrons. The van der Waals surface area contributed by atoms with Crippen LogP contribution in [-0.2, 0) is 0 Å². The smallest absolute Gasteiger partial charge is 0.255 e. The topological polar surface area (TPSA) is 74.2 Å². The van der Waals surface area contributed by atoms with Crippen LogP contribution in [-0.4, -0.2) is 35.1 Å². The summed E-state index contributed by atoms with van der Waals surface area (Å²) < 4.78 is 0. The first-order valence-corrected chi connectivity index (χ1v) is 5.92. The number of nitrogens with one attached hydrogen (secondary N) is 2. The van der Waals surface area contributed by atoms with Crippen molar-refractivity contribution in [3.8, 4) is 5.75 Å². The van der Waals surface area contributed by atoms with Crippen molar-refractivity contribution in [1.82, 2.24) is 15.6 Å². The van der Waals surface area contributed by atoms with Gasteiger partial charge in [-0.2, -0.15) is 0 Å². The fraction of sp³-hybridized carbons (Fsp3) is 0.500. The van der Waals surface area contributed by atoms with E-state index in [1.165, 1.54) is 31.3 Å². The number of aromatic nitrogens is 1. The van der Waals surface area contributed by atoms with E-state index in [1.54, 1.807) is 0 Å². The Labute approximate surface area is 100 Å². The molecule has 2 heterocycles. The molecular weight excluding hydrogens is 218 g/mol. The first-order valence-electron chi connectivity index (χ1n) is 5.92. The van der Waals surface area contributed by atoms with Gasteiger partial charge in [-0.15, -0.1) is 0 Å². The highest BCUT2D eigenvalue weighted by Crippen LogP contribution is 2.13. The van der Waals surface area contributed by atoms with Gasteiger partial charge in [-0.1, -0.05) is 0 Å². The molecular formula is C12H17N3O2. The summed E-state index contributed by atoms with van der Waals surface area (Å²) in [5, 5.41) is 15.6. The standard InChI is InChI=1S/C12H17N3O2/c16-11-8-13-6-4-10(11)12(17)15-7-3-9-2-1-5-14-9/h4,6,8-9,14,16H,1-3,5,7H2,(H,15,17). The van der Waals surface area contributed by atoms with Gasteiger partial charge < -0.3 is 15.7 Å². The van der Waals surface area contributed by atoms with Crippen molar-refractivity contribution < 1.29 is 9.90 Å². The average molecular weight is 235 g/mol. The molecule has 1 aliphatic heterocycles. The highest BCUT2D eigenvalue weighted by molar-refractivity contribution is 5.96. The van der Waals surface area contributed by atoms with E-state index in [4.69, 9.17) is 0 Å². The van der Waals surface area contributed by atoms with Crippen molar-refractivity contribution >= 4 is 5.91 Å². The number of carbonyl (C=O) groups is 1. The first kappa shape index (κ1) is 11.9. The summed E-state index contributed by atoms with van der Waals surface area (Å²) in [6.07, 6.45) is 6.08. The lowest BCUT2D eigenvalue weighted by Crippen LogP contribution is -2.30. The van der Waals surface area contributed by atoms with Gasteiger partial charge >= 0.3 is 0 Å². The van der Waals surface area contributed by atoms with Gasteiger partial charge in [0.25, 0.3) is 5.91 Å². The zero-order valence-electron chi connectivity index (χ0n) is 9.65. The lowest BCUT2D eigenvalue weighted by Gasteiger charge is -2.11. The fourth-order valence-electron chi connectivity index (χ4n) is 2.04. The molecule has 5 nitrogen and oxygen atoms in total. The van der Waals surface area contributed by atoms with Crippen LogP contribution >= 0.6 is 0 Å². The number of nitrogens with zero attached hydrogens (tertiary/aromatic N) is 1. The van der Waals surface area contributed by atoms with Gasteiger partial charge in [0, 0.05) is 18.8 Å². The second kappa shape index (κ2) is 5.63. The number of hydrogen-bond acceptors (Lipinski definition) is 4. The van der Waals surface area contributed by atoms with Gasteiger partial charge in [0.15, 0.2) is 0 Å². The second-order valence-corrected chi connectivity index (χ2v) is 4.23. The maximum absolute atomic E-state index is 11.7. The summed E-state index contributed by atoms with van der Waals surface area (Å²) in [4.78, 5) is 15.5. The van der Waals surface area contributed by atoms with E-state index in [2.05, 4.69) is 15.6 Å². The van der Waals surface area contributed by atoms with Gasteiger partial charge in [-0.3, -0.25) is 9.78 Å². The van der Waals surface area contributed by atoms with Crippen LogP contribution in [0.25, 0.3) is 0 Å². The van der Waals surface area contributed by atoms with Crippen molar-refractivity contribution in [3.05, 3.63) is 24.0 Å². The summed E-state index contributed by atoms with van der Waals surface area (Å²) in [6.45, 7) is 1.70. The number of carbonyl (C=O) groups excluding carboxylic acids is 1. The van der Waals surface area contributed by atoms with Crippen LogP contribution in [0.1, 0.15) is 29.6 Å². The number of aromatic hydroxyl groups is 1. The van der Waals surface area contributed by atoms with Crippen LogP contribution in [0.5, 0.6) is 5.75 Å². The van der Waals surface area contributed by atoms with Gasteiger partial charge in [-0.05, 0) is 31.9 Å². The lowest BCUT2D eigenvalue weighted by atomic mass is 10.1. The first-order chi connectivity index (χ1) is 8.27. The number of rotatable bonds is 4. The Kier molecular flexibility index (Phi) is 3.93. The molecule has 0 spiro atoms.